The van der Waals surface area contributed by atoms with E-state index in [2.05, 4.69) is 0 Å². The first-order valence-corrected chi connectivity index (χ1v) is 3.66. The van der Waals surface area contributed by atoms with Gasteiger partial charge in [-0.25, -0.2) is 0 Å². The summed E-state index contributed by atoms with van der Waals surface area (Å²) in [5.74, 6) is -0.288. The molecule has 4 nitrogen and oxygen atoms in total. The van der Waals surface area contributed by atoms with E-state index in [-0.39, 0.29) is 12.2 Å². The second kappa shape index (κ2) is 3.01. The number of rotatable bonds is 3. The van der Waals surface area contributed by atoms with Crippen molar-refractivity contribution in [3.05, 3.63) is 6.54 Å². The van der Waals surface area contributed by atoms with Crippen LogP contribution in [0, 0.1) is 6.54 Å². The lowest BCUT2D eigenvalue weighted by Crippen LogP contribution is -2.05. The van der Waals surface area contributed by atoms with Crippen LogP contribution in [0.25, 0.3) is 0 Å². The minimum absolute atomic E-state index is 0.193. The first kappa shape index (κ1) is 7.87. The fraction of sp³-hybridized carbons (Fsp3) is 0.667. The Morgan fingerprint density at radius 2 is 2.12 bits per heavy atom. The van der Waals surface area contributed by atoms with Gasteiger partial charge in [0.05, 0.1) is 5.75 Å². The van der Waals surface area contributed by atoms with E-state index >= 15 is 0 Å². The minimum Gasteiger partial charge on any atom is -0.326 e. The third kappa shape index (κ3) is 5.87. The maximum absolute atomic E-state index is 9.87. The molecule has 0 bridgehead atoms. The van der Waals surface area contributed by atoms with Gasteiger partial charge >= 0.3 is 0 Å². The first-order valence-electron chi connectivity index (χ1n) is 2.05. The summed E-state index contributed by atoms with van der Waals surface area (Å²) in [6, 6.07) is 0. The van der Waals surface area contributed by atoms with Gasteiger partial charge in [-0.2, -0.15) is 8.42 Å². The van der Waals surface area contributed by atoms with Crippen molar-refractivity contribution < 1.29 is 13.0 Å². The Bertz CT molecular complexity index is 139. The van der Waals surface area contributed by atoms with Crippen LogP contribution in [0.2, 0.25) is 0 Å². The van der Waals surface area contributed by atoms with Gasteiger partial charge in [0.1, 0.15) is 0 Å². The fourth-order valence-corrected chi connectivity index (χ4v) is 0.651. The van der Waals surface area contributed by atoms with Crippen molar-refractivity contribution in [1.29, 1.82) is 0 Å². The monoisotopic (exact) mass is 138 g/mol. The van der Waals surface area contributed by atoms with Crippen molar-refractivity contribution in [3.63, 3.8) is 0 Å². The smallest absolute Gasteiger partial charge is 0.264 e. The number of hydrogen-bond donors (Lipinski definition) is 2. The Morgan fingerprint density at radius 1 is 1.62 bits per heavy atom. The van der Waals surface area contributed by atoms with E-state index in [4.69, 9.17) is 10.3 Å². The largest absolute Gasteiger partial charge is 0.326 e. The molecule has 49 valence electrons. The second-order valence-corrected chi connectivity index (χ2v) is 2.88. The van der Waals surface area contributed by atoms with E-state index in [1.807, 2.05) is 0 Å². The van der Waals surface area contributed by atoms with Gasteiger partial charge in [-0.1, -0.05) is 0 Å². The molecule has 8 heavy (non-hydrogen) atoms. The predicted molar refractivity (Wildman–Crippen MR) is 29.5 cm³/mol. The lowest BCUT2D eigenvalue weighted by molar-refractivity contribution is 0.482. The summed E-state index contributed by atoms with van der Waals surface area (Å²) in [4.78, 5) is 0. The van der Waals surface area contributed by atoms with Crippen molar-refractivity contribution in [3.8, 4) is 0 Å². The quantitative estimate of drug-likeness (QED) is 0.509. The van der Waals surface area contributed by atoms with Gasteiger partial charge in [-0.3, -0.25) is 4.55 Å². The normalized spacial score (nSPS) is 11.8. The Balaban J connectivity index is 3.42. The topological polar surface area (TPSA) is 80.4 Å². The third-order valence-electron chi connectivity index (χ3n) is 0.542. The standard InChI is InChI=1S/C3H8NO3S/c4-2-1-3-8(5,6)7/h2H,1,3-4H2,(H,5,6,7). The molecule has 0 heterocycles. The van der Waals surface area contributed by atoms with E-state index in [1.165, 1.54) is 6.54 Å². The van der Waals surface area contributed by atoms with E-state index in [1.54, 1.807) is 0 Å². The van der Waals surface area contributed by atoms with Gasteiger partial charge in [-0.15, -0.1) is 0 Å². The number of hydrogen-bond acceptors (Lipinski definition) is 3. The summed E-state index contributed by atoms with van der Waals surface area (Å²) in [5.41, 5.74) is 4.84. The Labute approximate surface area is 48.4 Å². The second-order valence-electron chi connectivity index (χ2n) is 1.31. The molecule has 0 aliphatic carbocycles. The van der Waals surface area contributed by atoms with Crippen molar-refractivity contribution >= 4 is 10.1 Å². The molecule has 0 saturated carbocycles. The Hall–Kier alpha value is -0.130. The van der Waals surface area contributed by atoms with Gasteiger partial charge in [0.2, 0.25) is 0 Å². The summed E-state index contributed by atoms with van der Waals surface area (Å²) >= 11 is 0. The molecule has 0 fully saturated rings. The maximum Gasteiger partial charge on any atom is 0.264 e. The van der Waals surface area contributed by atoms with E-state index in [0.29, 0.717) is 0 Å². The number of nitrogens with two attached hydrogens (primary N) is 1. The molecule has 0 aliphatic heterocycles. The third-order valence-corrected chi connectivity index (χ3v) is 1.29. The highest BCUT2D eigenvalue weighted by atomic mass is 32.2. The Kier molecular flexibility index (Phi) is 2.96. The molecule has 3 N–H and O–H groups in total. The SMILES string of the molecule is N[CH]CCS(=O)(=O)O. The van der Waals surface area contributed by atoms with Crippen LogP contribution in [-0.4, -0.2) is 18.7 Å². The van der Waals surface area contributed by atoms with Crippen LogP contribution >= 0.6 is 0 Å². The van der Waals surface area contributed by atoms with Crippen LogP contribution in [-0.2, 0) is 10.1 Å². The highest BCUT2D eigenvalue weighted by Crippen LogP contribution is 1.86. The average Bonchev–Trinajstić information content (AvgIpc) is 1.59. The van der Waals surface area contributed by atoms with E-state index < -0.39 is 10.1 Å². The fourth-order valence-electron chi connectivity index (χ4n) is 0.217. The molecule has 5 heteroatoms. The zero-order valence-corrected chi connectivity index (χ0v) is 5.06. The summed E-state index contributed by atoms with van der Waals surface area (Å²) in [7, 11) is -3.80. The average molecular weight is 138 g/mol. The molecule has 0 aromatic heterocycles. The molecule has 0 aliphatic rings. The van der Waals surface area contributed by atoms with E-state index in [0.717, 1.165) is 0 Å². The predicted octanol–water partition coefficient (Wildman–Crippen LogP) is -0.615. The lowest BCUT2D eigenvalue weighted by Gasteiger charge is -1.89. The highest BCUT2D eigenvalue weighted by molar-refractivity contribution is 7.85. The van der Waals surface area contributed by atoms with Crippen LogP contribution in [0.15, 0.2) is 0 Å². The van der Waals surface area contributed by atoms with Crippen molar-refractivity contribution in [1.82, 2.24) is 0 Å². The molecular formula is C3H8NO3S. The van der Waals surface area contributed by atoms with Crippen molar-refractivity contribution in [2.75, 3.05) is 5.75 Å². The molecule has 0 unspecified atom stereocenters. The first-order chi connectivity index (χ1) is 3.56. The van der Waals surface area contributed by atoms with Crippen LogP contribution in [0.4, 0.5) is 0 Å². The molecule has 0 rings (SSSR count). The zero-order valence-electron chi connectivity index (χ0n) is 4.24. The summed E-state index contributed by atoms with van der Waals surface area (Å²) in [5, 5.41) is 0. The zero-order chi connectivity index (χ0) is 6.62. The molecule has 0 aromatic rings. The van der Waals surface area contributed by atoms with Gasteiger partial charge < -0.3 is 5.73 Å². The van der Waals surface area contributed by atoms with Crippen molar-refractivity contribution in [2.24, 2.45) is 5.73 Å². The van der Waals surface area contributed by atoms with Gasteiger partial charge in [0.25, 0.3) is 10.1 Å². The van der Waals surface area contributed by atoms with Crippen LogP contribution in [0.5, 0.6) is 0 Å². The van der Waals surface area contributed by atoms with Gasteiger partial charge in [0, 0.05) is 6.54 Å². The molecule has 0 aromatic carbocycles. The molecule has 0 atom stereocenters. The molecule has 0 amide bonds. The maximum atomic E-state index is 9.87. The van der Waals surface area contributed by atoms with E-state index in [9.17, 15) is 8.42 Å². The molecule has 1 radical (unpaired) electrons. The minimum atomic E-state index is -3.80. The summed E-state index contributed by atoms with van der Waals surface area (Å²) < 4.78 is 27.8. The highest BCUT2D eigenvalue weighted by Gasteiger charge is 2.00. The Morgan fingerprint density at radius 3 is 2.25 bits per heavy atom. The molecular weight excluding hydrogens is 130 g/mol. The summed E-state index contributed by atoms with van der Waals surface area (Å²) in [6.45, 7) is 1.19. The van der Waals surface area contributed by atoms with Gasteiger partial charge in [-0.05, 0) is 6.42 Å². The van der Waals surface area contributed by atoms with Crippen LogP contribution in [0.3, 0.4) is 0 Å². The molecule has 0 spiro atoms. The van der Waals surface area contributed by atoms with Crippen LogP contribution in [0.1, 0.15) is 6.42 Å². The van der Waals surface area contributed by atoms with Crippen LogP contribution < -0.4 is 5.73 Å². The lowest BCUT2D eigenvalue weighted by atomic mass is 10.5. The van der Waals surface area contributed by atoms with Crippen molar-refractivity contribution in [2.45, 2.75) is 6.42 Å². The van der Waals surface area contributed by atoms with Gasteiger partial charge in [0.15, 0.2) is 0 Å². The summed E-state index contributed by atoms with van der Waals surface area (Å²) in [6.07, 6.45) is 0.193. The molecule has 0 saturated heterocycles.